The molecular formula is C22H28N2. The maximum Gasteiger partial charge on any atom is 0.0719 e. The van der Waals surface area contributed by atoms with Crippen LogP contribution in [0, 0.1) is 13.8 Å². The van der Waals surface area contributed by atoms with E-state index in [2.05, 4.69) is 74.6 Å². The molecule has 0 saturated carbocycles. The maximum absolute atomic E-state index is 4.61. The fourth-order valence-corrected chi connectivity index (χ4v) is 2.92. The van der Waals surface area contributed by atoms with Crippen molar-refractivity contribution in [2.75, 3.05) is 0 Å². The van der Waals surface area contributed by atoms with Crippen LogP contribution in [0.4, 0.5) is 0 Å². The number of hydrogen-bond acceptors (Lipinski definition) is 2. The molecule has 0 aliphatic heterocycles. The van der Waals surface area contributed by atoms with Gasteiger partial charge in [-0.2, -0.15) is 0 Å². The zero-order valence-corrected chi connectivity index (χ0v) is 15.3. The molecule has 2 rings (SSSR count). The molecule has 0 fully saturated rings. The van der Waals surface area contributed by atoms with E-state index in [0.29, 0.717) is 0 Å². The first-order valence-corrected chi connectivity index (χ1v) is 8.52. The van der Waals surface area contributed by atoms with Crippen molar-refractivity contribution in [1.82, 2.24) is 10.3 Å². The number of rotatable bonds is 7. The normalized spacial score (nSPS) is 11.8. The minimum absolute atomic E-state index is 0.112. The van der Waals surface area contributed by atoms with Crippen LogP contribution in [0.3, 0.4) is 0 Å². The number of nitrogens with zero attached hydrogens (tertiary/aromatic N) is 1. The van der Waals surface area contributed by atoms with Gasteiger partial charge in [-0.05, 0) is 56.9 Å². The lowest BCUT2D eigenvalue weighted by atomic mass is 9.97. The maximum atomic E-state index is 4.61. The summed E-state index contributed by atoms with van der Waals surface area (Å²) < 4.78 is 0. The summed E-state index contributed by atoms with van der Waals surface area (Å²) in [6.07, 6.45) is 3.74. The molecule has 0 radical (unpaired) electrons. The summed E-state index contributed by atoms with van der Waals surface area (Å²) in [7, 11) is 0. The van der Waals surface area contributed by atoms with Gasteiger partial charge in [0.15, 0.2) is 0 Å². The van der Waals surface area contributed by atoms with E-state index in [0.717, 1.165) is 24.2 Å². The molecule has 2 nitrogen and oxygen atoms in total. The molecule has 1 aromatic carbocycles. The van der Waals surface area contributed by atoms with E-state index in [-0.39, 0.29) is 6.04 Å². The van der Waals surface area contributed by atoms with Crippen LogP contribution in [0.15, 0.2) is 61.0 Å². The Morgan fingerprint density at radius 2 is 1.75 bits per heavy atom. The Morgan fingerprint density at radius 3 is 2.33 bits per heavy atom. The molecule has 1 heterocycles. The van der Waals surface area contributed by atoms with E-state index >= 15 is 0 Å². The highest BCUT2D eigenvalue weighted by Crippen LogP contribution is 2.27. The standard InChI is InChI=1S/C22H28N2/c1-7-16(4)13-22(24-15(2)3)21-14-19(8-9-23-21)20-11-17(5)10-18(6)12-20/h8-12,14,22,24H,2,4,7,13H2,1,3,5-6H3. The quantitative estimate of drug-likeness (QED) is 0.644. The van der Waals surface area contributed by atoms with Gasteiger partial charge in [0, 0.05) is 11.9 Å². The lowest BCUT2D eigenvalue weighted by Crippen LogP contribution is -2.20. The molecule has 0 bridgehead atoms. The molecule has 1 aromatic heterocycles. The summed E-state index contributed by atoms with van der Waals surface area (Å²) in [5.74, 6) is 0. The SMILES string of the molecule is C=C(CC)CC(NC(=C)C)c1cc(-c2cc(C)cc(C)c2)ccn1. The first-order valence-electron chi connectivity index (χ1n) is 8.52. The zero-order valence-electron chi connectivity index (χ0n) is 15.3. The summed E-state index contributed by atoms with van der Waals surface area (Å²) >= 11 is 0. The molecule has 0 aliphatic rings. The van der Waals surface area contributed by atoms with Gasteiger partial charge in [0.1, 0.15) is 0 Å². The highest BCUT2D eigenvalue weighted by Gasteiger charge is 2.14. The van der Waals surface area contributed by atoms with Crippen molar-refractivity contribution < 1.29 is 0 Å². The second-order valence-electron chi connectivity index (χ2n) is 6.63. The summed E-state index contributed by atoms with van der Waals surface area (Å²) in [6, 6.07) is 11.0. The number of aryl methyl sites for hydroxylation is 2. The summed E-state index contributed by atoms with van der Waals surface area (Å²) in [4.78, 5) is 4.61. The minimum Gasteiger partial charge on any atom is -0.380 e. The van der Waals surface area contributed by atoms with E-state index in [9.17, 15) is 0 Å². The van der Waals surface area contributed by atoms with Gasteiger partial charge in [0.05, 0.1) is 11.7 Å². The van der Waals surface area contributed by atoms with Crippen LogP contribution in [0.25, 0.3) is 11.1 Å². The van der Waals surface area contributed by atoms with Crippen LogP contribution < -0.4 is 5.32 Å². The molecule has 2 heteroatoms. The third kappa shape index (κ3) is 4.82. The van der Waals surface area contributed by atoms with Crippen LogP contribution >= 0.6 is 0 Å². The predicted octanol–water partition coefficient (Wildman–Crippen LogP) is 5.89. The minimum atomic E-state index is 0.112. The van der Waals surface area contributed by atoms with Gasteiger partial charge in [0.2, 0.25) is 0 Å². The highest BCUT2D eigenvalue weighted by molar-refractivity contribution is 5.65. The largest absolute Gasteiger partial charge is 0.380 e. The Kier molecular flexibility index (Phi) is 5.97. The number of aromatic nitrogens is 1. The molecular weight excluding hydrogens is 292 g/mol. The summed E-state index contributed by atoms with van der Waals surface area (Å²) in [5.41, 5.74) is 8.18. The van der Waals surface area contributed by atoms with Gasteiger partial charge in [-0.3, -0.25) is 4.98 Å². The van der Waals surface area contributed by atoms with E-state index < -0.39 is 0 Å². The predicted molar refractivity (Wildman–Crippen MR) is 104 cm³/mol. The van der Waals surface area contributed by atoms with E-state index in [1.807, 2.05) is 13.1 Å². The molecule has 1 atom stereocenters. The van der Waals surface area contributed by atoms with E-state index in [1.165, 1.54) is 27.8 Å². The molecule has 1 N–H and O–H groups in total. The molecule has 1 unspecified atom stereocenters. The summed E-state index contributed by atoms with van der Waals surface area (Å²) in [6.45, 7) is 16.5. The third-order valence-corrected chi connectivity index (χ3v) is 4.11. The van der Waals surface area contributed by atoms with Crippen LogP contribution in [0.2, 0.25) is 0 Å². The van der Waals surface area contributed by atoms with Crippen molar-refractivity contribution in [3.8, 4) is 11.1 Å². The second kappa shape index (κ2) is 7.96. The third-order valence-electron chi connectivity index (χ3n) is 4.11. The topological polar surface area (TPSA) is 24.9 Å². The van der Waals surface area contributed by atoms with Gasteiger partial charge in [-0.15, -0.1) is 0 Å². The Labute approximate surface area is 146 Å². The van der Waals surface area contributed by atoms with Crippen molar-refractivity contribution in [2.45, 2.75) is 46.6 Å². The van der Waals surface area contributed by atoms with Crippen LogP contribution in [0.5, 0.6) is 0 Å². The fraction of sp³-hybridized carbons (Fsp3) is 0.318. The molecule has 0 saturated heterocycles. The highest BCUT2D eigenvalue weighted by atomic mass is 14.9. The molecule has 24 heavy (non-hydrogen) atoms. The average Bonchev–Trinajstić information content (AvgIpc) is 2.53. The van der Waals surface area contributed by atoms with Gasteiger partial charge in [-0.1, -0.05) is 55.0 Å². The van der Waals surface area contributed by atoms with Crippen molar-refractivity contribution in [3.05, 3.63) is 77.8 Å². The van der Waals surface area contributed by atoms with Crippen LogP contribution in [-0.2, 0) is 0 Å². The molecule has 0 spiro atoms. The van der Waals surface area contributed by atoms with Gasteiger partial charge >= 0.3 is 0 Å². The van der Waals surface area contributed by atoms with Crippen LogP contribution in [-0.4, -0.2) is 4.98 Å². The molecule has 0 aliphatic carbocycles. The van der Waals surface area contributed by atoms with Gasteiger partial charge < -0.3 is 5.32 Å². The first kappa shape index (κ1) is 18.0. The monoisotopic (exact) mass is 320 g/mol. The van der Waals surface area contributed by atoms with E-state index in [1.54, 1.807) is 0 Å². The molecule has 0 amide bonds. The fourth-order valence-electron chi connectivity index (χ4n) is 2.92. The number of allylic oxidation sites excluding steroid dienone is 1. The number of nitrogens with one attached hydrogen (secondary N) is 1. The lowest BCUT2D eigenvalue weighted by Gasteiger charge is -2.21. The Balaban J connectivity index is 2.38. The lowest BCUT2D eigenvalue weighted by molar-refractivity contribution is 0.571. The van der Waals surface area contributed by atoms with Gasteiger partial charge in [0.25, 0.3) is 0 Å². The second-order valence-corrected chi connectivity index (χ2v) is 6.63. The molecule has 2 aromatic rings. The average molecular weight is 320 g/mol. The van der Waals surface area contributed by atoms with Crippen molar-refractivity contribution in [1.29, 1.82) is 0 Å². The number of benzene rings is 1. The summed E-state index contributed by atoms with van der Waals surface area (Å²) in [5, 5.41) is 3.45. The Morgan fingerprint density at radius 1 is 1.08 bits per heavy atom. The van der Waals surface area contributed by atoms with E-state index in [4.69, 9.17) is 0 Å². The van der Waals surface area contributed by atoms with Crippen molar-refractivity contribution in [3.63, 3.8) is 0 Å². The zero-order chi connectivity index (χ0) is 17.7. The van der Waals surface area contributed by atoms with Crippen molar-refractivity contribution in [2.24, 2.45) is 0 Å². The number of pyridine rings is 1. The first-order chi connectivity index (χ1) is 11.4. The molecule has 126 valence electrons. The number of hydrogen-bond donors (Lipinski definition) is 1. The smallest absolute Gasteiger partial charge is 0.0719 e. The van der Waals surface area contributed by atoms with Gasteiger partial charge in [-0.25, -0.2) is 0 Å². The van der Waals surface area contributed by atoms with Crippen LogP contribution in [0.1, 0.15) is 49.6 Å². The Bertz CT molecular complexity index is 723. The van der Waals surface area contributed by atoms with Crippen molar-refractivity contribution >= 4 is 0 Å². The Hall–Kier alpha value is -2.35.